The second-order valence-electron chi connectivity index (χ2n) is 5.52. The normalized spacial score (nSPS) is 15.7. The van der Waals surface area contributed by atoms with E-state index in [0.29, 0.717) is 0 Å². The molecule has 1 atom stereocenters. The van der Waals surface area contributed by atoms with Gasteiger partial charge in [-0.25, -0.2) is 0 Å². The smallest absolute Gasteiger partial charge is 0.00350 e. The van der Waals surface area contributed by atoms with Crippen LogP contribution >= 0.6 is 19.3 Å². The first kappa shape index (κ1) is 12.6. The Morgan fingerprint density at radius 1 is 0.636 bits per heavy atom. The quantitative estimate of drug-likeness (QED) is 0.395. The van der Waals surface area contributed by atoms with Crippen molar-refractivity contribution in [2.45, 2.75) is 0 Å². The topological polar surface area (TPSA) is 0 Å². The van der Waals surface area contributed by atoms with Crippen LogP contribution in [0.3, 0.4) is 0 Å². The average molecular weight is 316 g/mol. The highest BCUT2D eigenvalue weighted by atomic mass is 32.1. The maximum Gasteiger partial charge on any atom is 0.00350 e. The van der Waals surface area contributed by atoms with Gasteiger partial charge in [0.2, 0.25) is 0 Å². The van der Waals surface area contributed by atoms with E-state index in [-0.39, 0.29) is 0 Å². The molecule has 1 aromatic heterocycles. The lowest BCUT2D eigenvalue weighted by Gasteiger charge is -2.27. The molecule has 104 valence electrons. The van der Waals surface area contributed by atoms with Gasteiger partial charge in [-0.05, 0) is 45.6 Å². The minimum Gasteiger partial charge on any atom is -0.151 e. The van der Waals surface area contributed by atoms with Gasteiger partial charge in [-0.2, -0.15) is 11.3 Å². The molecule has 0 saturated carbocycles. The first-order chi connectivity index (χ1) is 10.9. The minimum atomic E-state index is -0.440. The van der Waals surface area contributed by atoms with E-state index >= 15 is 0 Å². The van der Waals surface area contributed by atoms with Gasteiger partial charge in [0.05, 0.1) is 0 Å². The molecule has 0 N–H and O–H groups in total. The molecule has 3 aromatic carbocycles. The van der Waals surface area contributed by atoms with Gasteiger partial charge < -0.3 is 0 Å². The van der Waals surface area contributed by atoms with Crippen molar-refractivity contribution < 1.29 is 0 Å². The van der Waals surface area contributed by atoms with E-state index in [1.54, 1.807) is 0 Å². The van der Waals surface area contributed by atoms with E-state index in [4.69, 9.17) is 0 Å². The van der Waals surface area contributed by atoms with Gasteiger partial charge >= 0.3 is 0 Å². The average Bonchev–Trinajstić information content (AvgIpc) is 3.06. The third kappa shape index (κ3) is 1.67. The molecule has 0 saturated heterocycles. The molecule has 0 aliphatic carbocycles. The summed E-state index contributed by atoms with van der Waals surface area (Å²) in [6, 6.07) is 24.4. The van der Waals surface area contributed by atoms with Crippen molar-refractivity contribution >= 4 is 45.9 Å². The summed E-state index contributed by atoms with van der Waals surface area (Å²) in [6.07, 6.45) is 0. The Morgan fingerprint density at radius 3 is 2.32 bits per heavy atom. The second kappa shape index (κ2) is 4.78. The van der Waals surface area contributed by atoms with Crippen molar-refractivity contribution in [3.63, 3.8) is 0 Å². The Labute approximate surface area is 134 Å². The van der Waals surface area contributed by atoms with Crippen LogP contribution in [-0.4, -0.2) is 0 Å². The molecular weight excluding hydrogens is 303 g/mol. The molecule has 2 heteroatoms. The summed E-state index contributed by atoms with van der Waals surface area (Å²) in [7, 11) is -0.440. The zero-order valence-corrected chi connectivity index (χ0v) is 13.6. The summed E-state index contributed by atoms with van der Waals surface area (Å²) in [6.45, 7) is 0. The Balaban J connectivity index is 1.94. The molecule has 1 aliphatic heterocycles. The van der Waals surface area contributed by atoms with Crippen LogP contribution in [0.2, 0.25) is 0 Å². The summed E-state index contributed by atoms with van der Waals surface area (Å²) < 4.78 is 0. The van der Waals surface area contributed by atoms with E-state index < -0.39 is 7.92 Å². The van der Waals surface area contributed by atoms with Crippen LogP contribution < -0.4 is 15.9 Å². The lowest BCUT2D eigenvalue weighted by Crippen LogP contribution is -2.24. The molecule has 0 bridgehead atoms. The van der Waals surface area contributed by atoms with Gasteiger partial charge in [0.25, 0.3) is 0 Å². The molecule has 0 spiro atoms. The van der Waals surface area contributed by atoms with Crippen molar-refractivity contribution in [2.75, 3.05) is 0 Å². The maximum absolute atomic E-state index is 2.35. The lowest BCUT2D eigenvalue weighted by molar-refractivity contribution is 1.73. The van der Waals surface area contributed by atoms with Gasteiger partial charge in [0.15, 0.2) is 0 Å². The van der Waals surface area contributed by atoms with E-state index in [2.05, 4.69) is 77.5 Å². The Morgan fingerprint density at radius 2 is 1.45 bits per heavy atom. The van der Waals surface area contributed by atoms with Crippen LogP contribution in [0.1, 0.15) is 0 Å². The molecule has 0 amide bonds. The predicted octanol–water partition coefficient (Wildman–Crippen LogP) is 4.64. The van der Waals surface area contributed by atoms with Crippen LogP contribution in [0.4, 0.5) is 0 Å². The summed E-state index contributed by atoms with van der Waals surface area (Å²) in [5.41, 5.74) is 2.84. The van der Waals surface area contributed by atoms with Crippen LogP contribution in [0.25, 0.3) is 21.9 Å². The van der Waals surface area contributed by atoms with Crippen molar-refractivity contribution in [2.24, 2.45) is 0 Å². The fraction of sp³-hybridized carbons (Fsp3) is 0. The number of thiophene rings is 1. The zero-order chi connectivity index (χ0) is 14.5. The molecular formula is C20H13PS. The highest BCUT2D eigenvalue weighted by Gasteiger charge is 2.28. The highest BCUT2D eigenvalue weighted by molar-refractivity contribution is 7.81. The number of hydrogen-bond acceptors (Lipinski definition) is 1. The number of benzene rings is 3. The van der Waals surface area contributed by atoms with Gasteiger partial charge in [-0.3, -0.25) is 0 Å². The molecule has 1 unspecified atom stereocenters. The lowest BCUT2D eigenvalue weighted by atomic mass is 10.00. The fourth-order valence-electron chi connectivity index (χ4n) is 3.38. The first-order valence-electron chi connectivity index (χ1n) is 7.37. The van der Waals surface area contributed by atoms with Crippen LogP contribution in [0.15, 0.2) is 77.5 Å². The number of fused-ring (bicyclic) bond motifs is 2. The largest absolute Gasteiger partial charge is 0.151 e. The standard InChI is InChI=1S/C20H13PS/c1-2-8-15(9-3-1)21-18-11-5-7-14-6-4-10-16(20(14)18)17-12-22-13-19(17)21/h1-13H. The molecule has 5 rings (SSSR count). The molecule has 0 fully saturated rings. The predicted molar refractivity (Wildman–Crippen MR) is 99.5 cm³/mol. The van der Waals surface area contributed by atoms with Crippen LogP contribution in [0, 0.1) is 0 Å². The summed E-state index contributed by atoms with van der Waals surface area (Å²) >= 11 is 1.82. The van der Waals surface area contributed by atoms with Crippen LogP contribution in [0.5, 0.6) is 0 Å². The molecule has 0 nitrogen and oxygen atoms in total. The number of hydrogen-bond donors (Lipinski definition) is 0. The number of rotatable bonds is 1. The zero-order valence-electron chi connectivity index (χ0n) is 11.9. The van der Waals surface area contributed by atoms with E-state index in [9.17, 15) is 0 Å². The molecule has 0 radical (unpaired) electrons. The van der Waals surface area contributed by atoms with E-state index in [0.717, 1.165) is 0 Å². The molecule has 4 aromatic rings. The summed E-state index contributed by atoms with van der Waals surface area (Å²) in [5.74, 6) is 0. The maximum atomic E-state index is 2.35. The van der Waals surface area contributed by atoms with Crippen LogP contribution in [-0.2, 0) is 0 Å². The van der Waals surface area contributed by atoms with Crippen molar-refractivity contribution in [1.29, 1.82) is 0 Å². The van der Waals surface area contributed by atoms with Crippen molar-refractivity contribution in [3.8, 4) is 11.1 Å². The highest BCUT2D eigenvalue weighted by Crippen LogP contribution is 2.46. The molecule has 22 heavy (non-hydrogen) atoms. The van der Waals surface area contributed by atoms with Gasteiger partial charge in [0, 0.05) is 10.9 Å². The third-order valence-corrected chi connectivity index (χ3v) is 7.75. The monoisotopic (exact) mass is 316 g/mol. The summed E-state index contributed by atoms with van der Waals surface area (Å²) in [5, 5.41) is 11.9. The van der Waals surface area contributed by atoms with E-state index in [1.807, 2.05) is 11.3 Å². The fourth-order valence-corrected chi connectivity index (χ4v) is 7.21. The second-order valence-corrected chi connectivity index (χ2v) is 8.42. The SMILES string of the molecule is c1ccc(P2c3cscc3-c3cccc4cccc2c34)cc1. The van der Waals surface area contributed by atoms with E-state index in [1.165, 1.54) is 37.8 Å². The van der Waals surface area contributed by atoms with Crippen molar-refractivity contribution in [1.82, 2.24) is 0 Å². The summed E-state index contributed by atoms with van der Waals surface area (Å²) in [4.78, 5) is 0. The van der Waals surface area contributed by atoms with Crippen molar-refractivity contribution in [3.05, 3.63) is 77.5 Å². The van der Waals surface area contributed by atoms with Gasteiger partial charge in [-0.15, -0.1) is 0 Å². The third-order valence-electron chi connectivity index (χ3n) is 4.31. The Hall–Kier alpha value is -1.95. The van der Waals surface area contributed by atoms with Gasteiger partial charge in [0.1, 0.15) is 0 Å². The first-order valence-corrected chi connectivity index (χ1v) is 9.65. The van der Waals surface area contributed by atoms with Gasteiger partial charge in [-0.1, -0.05) is 66.7 Å². The minimum absolute atomic E-state index is 0.440. The molecule has 2 heterocycles. The molecule has 1 aliphatic rings. The Kier molecular flexibility index (Phi) is 2.73. The Bertz CT molecular complexity index is 980.